The number of rotatable bonds is 5. The van der Waals surface area contributed by atoms with Gasteiger partial charge in [-0.2, -0.15) is 0 Å². The molecule has 6 heteroatoms. The second kappa shape index (κ2) is 6.24. The maximum atomic E-state index is 11.8. The zero-order chi connectivity index (χ0) is 13.7. The number of ether oxygens (including phenoxy) is 1. The minimum absolute atomic E-state index is 0.114. The number of aromatic nitrogens is 2. The summed E-state index contributed by atoms with van der Waals surface area (Å²) in [6.07, 6.45) is 3.56. The highest BCUT2D eigenvalue weighted by molar-refractivity contribution is 6.30. The molecule has 1 aromatic heterocycles. The number of methoxy groups -OCH3 is 1. The van der Waals surface area contributed by atoms with E-state index in [0.29, 0.717) is 23.1 Å². The monoisotopic (exact) mass is 279 g/mol. The zero-order valence-electron chi connectivity index (χ0n) is 10.4. The lowest BCUT2D eigenvalue weighted by molar-refractivity contribution is -0.120. The number of nitrogens with one attached hydrogen (secondary N) is 2. The molecule has 0 unspecified atom stereocenters. The Morgan fingerprint density at radius 2 is 2.37 bits per heavy atom. The molecule has 2 N–H and O–H groups in total. The lowest BCUT2D eigenvalue weighted by atomic mass is 10.1. The van der Waals surface area contributed by atoms with Crippen LogP contribution in [-0.4, -0.2) is 23.0 Å². The van der Waals surface area contributed by atoms with Crippen molar-refractivity contribution in [2.45, 2.75) is 13.0 Å². The van der Waals surface area contributed by atoms with Crippen molar-refractivity contribution < 1.29 is 9.53 Å². The first kappa shape index (κ1) is 13.4. The van der Waals surface area contributed by atoms with Gasteiger partial charge in [-0.1, -0.05) is 11.6 Å². The lowest BCUT2D eigenvalue weighted by Crippen LogP contribution is -2.25. The first-order valence-electron chi connectivity index (χ1n) is 5.76. The number of H-pyrrole nitrogens is 1. The van der Waals surface area contributed by atoms with Gasteiger partial charge in [0.15, 0.2) is 0 Å². The predicted octanol–water partition coefficient (Wildman–Crippen LogP) is 1.93. The summed E-state index contributed by atoms with van der Waals surface area (Å²) in [5.41, 5.74) is 0.756. The number of carbonyl (C=O) groups excluding carboxylic acids is 1. The quantitative estimate of drug-likeness (QED) is 0.879. The molecule has 19 heavy (non-hydrogen) atoms. The summed E-state index contributed by atoms with van der Waals surface area (Å²) in [5, 5.41) is 3.35. The van der Waals surface area contributed by atoms with Crippen LogP contribution in [0.25, 0.3) is 0 Å². The van der Waals surface area contributed by atoms with Crippen LogP contribution in [-0.2, 0) is 17.8 Å². The van der Waals surface area contributed by atoms with E-state index in [-0.39, 0.29) is 12.3 Å². The molecule has 0 aliphatic heterocycles. The molecule has 1 heterocycles. The van der Waals surface area contributed by atoms with Gasteiger partial charge in [-0.25, -0.2) is 4.98 Å². The van der Waals surface area contributed by atoms with Crippen molar-refractivity contribution in [2.24, 2.45) is 0 Å². The first-order chi connectivity index (χ1) is 9.19. The molecule has 0 bridgehead atoms. The molecule has 0 fully saturated rings. The third-order valence-corrected chi connectivity index (χ3v) is 2.84. The average Bonchev–Trinajstić information content (AvgIpc) is 2.90. The highest BCUT2D eigenvalue weighted by atomic mass is 35.5. The second-order valence-electron chi connectivity index (χ2n) is 3.95. The Morgan fingerprint density at radius 3 is 3.05 bits per heavy atom. The van der Waals surface area contributed by atoms with Gasteiger partial charge in [0.25, 0.3) is 0 Å². The molecule has 0 saturated heterocycles. The van der Waals surface area contributed by atoms with Crippen molar-refractivity contribution in [2.75, 3.05) is 7.11 Å². The topological polar surface area (TPSA) is 67.0 Å². The van der Waals surface area contributed by atoms with Crippen molar-refractivity contribution in [1.29, 1.82) is 0 Å². The summed E-state index contributed by atoms with van der Waals surface area (Å²) in [4.78, 5) is 18.8. The van der Waals surface area contributed by atoms with E-state index in [0.717, 1.165) is 5.56 Å². The van der Waals surface area contributed by atoms with E-state index in [2.05, 4.69) is 15.3 Å². The molecule has 0 radical (unpaired) electrons. The van der Waals surface area contributed by atoms with Crippen LogP contribution >= 0.6 is 11.6 Å². The second-order valence-corrected chi connectivity index (χ2v) is 4.38. The number of hydrogen-bond donors (Lipinski definition) is 2. The van der Waals surface area contributed by atoms with Gasteiger partial charge in [0.2, 0.25) is 5.91 Å². The highest BCUT2D eigenvalue weighted by Crippen LogP contribution is 2.22. The van der Waals surface area contributed by atoms with Crippen molar-refractivity contribution in [3.8, 4) is 5.75 Å². The Balaban J connectivity index is 1.96. The van der Waals surface area contributed by atoms with Crippen LogP contribution in [0.15, 0.2) is 30.6 Å². The van der Waals surface area contributed by atoms with E-state index >= 15 is 0 Å². The predicted molar refractivity (Wildman–Crippen MR) is 72.1 cm³/mol. The van der Waals surface area contributed by atoms with Crippen LogP contribution < -0.4 is 10.1 Å². The Labute approximate surface area is 116 Å². The van der Waals surface area contributed by atoms with Gasteiger partial charge in [-0.15, -0.1) is 0 Å². The van der Waals surface area contributed by atoms with E-state index in [1.165, 1.54) is 0 Å². The van der Waals surface area contributed by atoms with Crippen molar-refractivity contribution >= 4 is 17.5 Å². The largest absolute Gasteiger partial charge is 0.496 e. The Hall–Kier alpha value is -2.01. The van der Waals surface area contributed by atoms with Gasteiger partial charge in [0.1, 0.15) is 11.6 Å². The average molecular weight is 280 g/mol. The molecular weight excluding hydrogens is 266 g/mol. The molecule has 0 atom stereocenters. The molecule has 0 saturated carbocycles. The van der Waals surface area contributed by atoms with Crippen molar-refractivity contribution in [1.82, 2.24) is 15.3 Å². The molecule has 0 aliphatic carbocycles. The van der Waals surface area contributed by atoms with Gasteiger partial charge in [0, 0.05) is 23.0 Å². The fraction of sp³-hybridized carbons (Fsp3) is 0.231. The van der Waals surface area contributed by atoms with Gasteiger partial charge in [0.05, 0.1) is 20.1 Å². The maximum absolute atomic E-state index is 11.8. The van der Waals surface area contributed by atoms with E-state index in [9.17, 15) is 4.79 Å². The number of imidazole rings is 1. The zero-order valence-corrected chi connectivity index (χ0v) is 11.2. The van der Waals surface area contributed by atoms with E-state index < -0.39 is 0 Å². The van der Waals surface area contributed by atoms with E-state index in [1.807, 2.05) is 0 Å². The fourth-order valence-corrected chi connectivity index (χ4v) is 1.89. The molecule has 100 valence electrons. The number of benzene rings is 1. The van der Waals surface area contributed by atoms with E-state index in [4.69, 9.17) is 16.3 Å². The van der Waals surface area contributed by atoms with Gasteiger partial charge in [-0.05, 0) is 18.2 Å². The fourth-order valence-electron chi connectivity index (χ4n) is 1.70. The number of aromatic amines is 1. The molecule has 5 nitrogen and oxygen atoms in total. The lowest BCUT2D eigenvalue weighted by Gasteiger charge is -2.09. The Bertz CT molecular complexity index is 555. The van der Waals surface area contributed by atoms with Crippen LogP contribution in [0.4, 0.5) is 0 Å². The molecule has 2 rings (SSSR count). The van der Waals surface area contributed by atoms with E-state index in [1.54, 1.807) is 37.7 Å². The van der Waals surface area contributed by atoms with Crippen molar-refractivity contribution in [3.05, 3.63) is 47.0 Å². The summed E-state index contributed by atoms with van der Waals surface area (Å²) in [6.45, 7) is 0.370. The number of carbonyl (C=O) groups is 1. The molecule has 1 aromatic carbocycles. The van der Waals surface area contributed by atoms with Crippen molar-refractivity contribution in [3.63, 3.8) is 0 Å². The number of hydrogen-bond acceptors (Lipinski definition) is 3. The minimum atomic E-state index is -0.114. The number of nitrogens with zero attached hydrogens (tertiary/aromatic N) is 1. The standard InChI is InChI=1S/C13H14ClN3O2/c1-19-11-3-2-10(14)6-9(11)7-13(18)17-8-12-15-4-5-16-12/h2-6H,7-8H2,1H3,(H,15,16)(H,17,18). The van der Waals surface area contributed by atoms with Gasteiger partial charge >= 0.3 is 0 Å². The third-order valence-electron chi connectivity index (χ3n) is 2.60. The smallest absolute Gasteiger partial charge is 0.224 e. The summed E-state index contributed by atoms with van der Waals surface area (Å²) in [5.74, 6) is 1.25. The highest BCUT2D eigenvalue weighted by Gasteiger charge is 2.09. The molecule has 0 spiro atoms. The van der Waals surface area contributed by atoms with Crippen LogP contribution in [0, 0.1) is 0 Å². The van der Waals surface area contributed by atoms with Crippen LogP contribution in [0.2, 0.25) is 5.02 Å². The normalized spacial score (nSPS) is 10.2. The SMILES string of the molecule is COc1ccc(Cl)cc1CC(=O)NCc1ncc[nH]1. The third kappa shape index (κ3) is 3.72. The van der Waals surface area contributed by atoms with Crippen LogP contribution in [0.3, 0.4) is 0 Å². The first-order valence-corrected chi connectivity index (χ1v) is 6.14. The summed E-state index contributed by atoms with van der Waals surface area (Å²) < 4.78 is 5.19. The van der Waals surface area contributed by atoms with Gasteiger partial charge in [-0.3, -0.25) is 4.79 Å². The Morgan fingerprint density at radius 1 is 1.53 bits per heavy atom. The number of halogens is 1. The summed E-state index contributed by atoms with van der Waals surface area (Å²) in [7, 11) is 1.56. The molecule has 2 aromatic rings. The molecular formula is C13H14ClN3O2. The Kier molecular flexibility index (Phi) is 4.41. The van der Waals surface area contributed by atoms with Crippen LogP contribution in [0.1, 0.15) is 11.4 Å². The number of amides is 1. The maximum Gasteiger partial charge on any atom is 0.224 e. The summed E-state index contributed by atoms with van der Waals surface area (Å²) >= 11 is 5.91. The van der Waals surface area contributed by atoms with Gasteiger partial charge < -0.3 is 15.0 Å². The van der Waals surface area contributed by atoms with Crippen LogP contribution in [0.5, 0.6) is 5.75 Å². The minimum Gasteiger partial charge on any atom is -0.496 e. The summed E-state index contributed by atoms with van der Waals surface area (Å²) in [6, 6.07) is 5.20. The molecule has 0 aliphatic rings. The molecule has 1 amide bonds.